The van der Waals surface area contributed by atoms with Crippen LogP contribution in [-0.4, -0.2) is 0 Å². The molecule has 0 aromatic heterocycles. The van der Waals surface area contributed by atoms with Gasteiger partial charge in [-0.05, 0) is 46.7 Å². The third-order valence-corrected chi connectivity index (χ3v) is 4.10. The molecular weight excluding hydrogens is 324 g/mol. The fourth-order valence-electron chi connectivity index (χ4n) is 2.25. The third kappa shape index (κ3) is 4.34. The molecule has 0 fully saturated rings. The molecule has 0 saturated carbocycles. The van der Waals surface area contributed by atoms with Crippen molar-refractivity contribution < 1.29 is 4.74 Å². The Morgan fingerprint density at radius 1 is 0.952 bits per heavy atom. The molecule has 0 aliphatic carbocycles. The van der Waals surface area contributed by atoms with Crippen molar-refractivity contribution in [3.63, 3.8) is 0 Å². The Morgan fingerprint density at radius 2 is 1.57 bits per heavy atom. The summed E-state index contributed by atoms with van der Waals surface area (Å²) in [4.78, 5) is 0. The van der Waals surface area contributed by atoms with Crippen molar-refractivity contribution in [2.75, 3.05) is 0 Å². The summed E-state index contributed by atoms with van der Waals surface area (Å²) >= 11 is 3.45. The molecule has 0 N–H and O–H groups in total. The first kappa shape index (κ1) is 16.1. The van der Waals surface area contributed by atoms with E-state index in [2.05, 4.69) is 74.0 Å². The number of hydrogen-bond acceptors (Lipinski definition) is 1. The van der Waals surface area contributed by atoms with Crippen molar-refractivity contribution in [1.82, 2.24) is 0 Å². The molecule has 0 heterocycles. The average molecular weight is 347 g/mol. The van der Waals surface area contributed by atoms with Gasteiger partial charge in [0.1, 0.15) is 12.4 Å². The van der Waals surface area contributed by atoms with Gasteiger partial charge in [-0.3, -0.25) is 0 Å². The largest absolute Gasteiger partial charge is 0.489 e. The van der Waals surface area contributed by atoms with E-state index in [1.807, 2.05) is 12.1 Å². The van der Waals surface area contributed by atoms with Crippen molar-refractivity contribution in [1.29, 1.82) is 0 Å². The number of rotatable bonds is 4. The number of benzene rings is 2. The summed E-state index contributed by atoms with van der Waals surface area (Å²) in [6.07, 6.45) is 1.05. The molecule has 112 valence electrons. The molecule has 2 heteroatoms. The quantitative estimate of drug-likeness (QED) is 0.670. The molecule has 2 aromatic carbocycles. The van der Waals surface area contributed by atoms with E-state index >= 15 is 0 Å². The molecule has 0 amide bonds. The predicted molar refractivity (Wildman–Crippen MR) is 93.0 cm³/mol. The molecule has 21 heavy (non-hydrogen) atoms. The number of halogens is 1. The van der Waals surface area contributed by atoms with Gasteiger partial charge in [-0.25, -0.2) is 0 Å². The normalized spacial score (nSPS) is 11.5. The van der Waals surface area contributed by atoms with Gasteiger partial charge in [-0.2, -0.15) is 0 Å². The Morgan fingerprint density at radius 3 is 2.14 bits per heavy atom. The molecule has 0 saturated heterocycles. The van der Waals surface area contributed by atoms with Gasteiger partial charge >= 0.3 is 0 Å². The summed E-state index contributed by atoms with van der Waals surface area (Å²) in [6, 6.07) is 14.8. The monoisotopic (exact) mass is 346 g/mol. The summed E-state index contributed by atoms with van der Waals surface area (Å²) in [5, 5.41) is 0. The van der Waals surface area contributed by atoms with Gasteiger partial charge in [0, 0.05) is 4.47 Å². The topological polar surface area (TPSA) is 9.23 Å². The molecule has 2 rings (SSSR count). The van der Waals surface area contributed by atoms with Crippen LogP contribution in [0.2, 0.25) is 0 Å². The minimum atomic E-state index is 0.0836. The van der Waals surface area contributed by atoms with E-state index in [1.54, 1.807) is 0 Å². The predicted octanol–water partition coefficient (Wildman–Crippen LogP) is 5.89. The lowest BCUT2D eigenvalue weighted by atomic mass is 9.85. The second kappa shape index (κ2) is 6.65. The third-order valence-electron chi connectivity index (χ3n) is 3.57. The summed E-state index contributed by atoms with van der Waals surface area (Å²) in [5.41, 5.74) is 3.90. The van der Waals surface area contributed by atoms with Gasteiger partial charge < -0.3 is 4.74 Å². The molecule has 1 nitrogen and oxygen atoms in total. The lowest BCUT2D eigenvalue weighted by molar-refractivity contribution is 0.297. The van der Waals surface area contributed by atoms with E-state index in [0.29, 0.717) is 6.61 Å². The van der Waals surface area contributed by atoms with Gasteiger partial charge in [0.05, 0.1) is 0 Å². The SMILES string of the molecule is CCc1ccc(OCc2ccc(Br)cc2)c(C(C)(C)C)c1. The summed E-state index contributed by atoms with van der Waals surface area (Å²) < 4.78 is 7.17. The molecule has 0 aliphatic heterocycles. The highest BCUT2D eigenvalue weighted by molar-refractivity contribution is 9.10. The average Bonchev–Trinajstić information content (AvgIpc) is 2.45. The van der Waals surface area contributed by atoms with Crippen molar-refractivity contribution in [3.05, 3.63) is 63.6 Å². The van der Waals surface area contributed by atoms with E-state index in [1.165, 1.54) is 16.7 Å². The Balaban J connectivity index is 2.21. The van der Waals surface area contributed by atoms with Crippen LogP contribution in [0.3, 0.4) is 0 Å². The standard InChI is InChI=1S/C19H23BrO/c1-5-14-8-11-18(17(12-14)19(2,3)4)21-13-15-6-9-16(20)10-7-15/h6-12H,5,13H2,1-4H3. The van der Waals surface area contributed by atoms with E-state index in [-0.39, 0.29) is 5.41 Å². The van der Waals surface area contributed by atoms with Crippen LogP contribution < -0.4 is 4.74 Å². The number of aryl methyl sites for hydroxylation is 1. The first-order valence-electron chi connectivity index (χ1n) is 7.41. The molecule has 0 atom stereocenters. The van der Waals surface area contributed by atoms with Crippen LogP contribution in [0.1, 0.15) is 44.4 Å². The highest BCUT2D eigenvalue weighted by Gasteiger charge is 2.19. The fourth-order valence-corrected chi connectivity index (χ4v) is 2.52. The maximum absolute atomic E-state index is 6.07. The molecule has 0 aliphatic rings. The zero-order valence-corrected chi connectivity index (χ0v) is 14.8. The van der Waals surface area contributed by atoms with Gasteiger partial charge in [0.25, 0.3) is 0 Å². The van der Waals surface area contributed by atoms with Crippen LogP contribution in [0.15, 0.2) is 46.9 Å². The van der Waals surface area contributed by atoms with Gasteiger partial charge in [-0.1, -0.05) is 67.9 Å². The highest BCUT2D eigenvalue weighted by Crippen LogP contribution is 2.33. The van der Waals surface area contributed by atoms with Gasteiger partial charge in [0.15, 0.2) is 0 Å². The second-order valence-corrected chi connectivity index (χ2v) is 7.26. The fraction of sp³-hybridized carbons (Fsp3) is 0.368. The van der Waals surface area contributed by atoms with Crippen LogP contribution in [0.4, 0.5) is 0 Å². The van der Waals surface area contributed by atoms with Crippen molar-refractivity contribution in [2.24, 2.45) is 0 Å². The van der Waals surface area contributed by atoms with Crippen LogP contribution in [0.25, 0.3) is 0 Å². The van der Waals surface area contributed by atoms with Crippen molar-refractivity contribution >= 4 is 15.9 Å². The van der Waals surface area contributed by atoms with Crippen molar-refractivity contribution in [2.45, 2.75) is 46.1 Å². The van der Waals surface area contributed by atoms with Crippen LogP contribution >= 0.6 is 15.9 Å². The molecule has 2 aromatic rings. The van der Waals surface area contributed by atoms with E-state index in [9.17, 15) is 0 Å². The summed E-state index contributed by atoms with van der Waals surface area (Å²) in [6.45, 7) is 9.47. The lowest BCUT2D eigenvalue weighted by Gasteiger charge is -2.23. The highest BCUT2D eigenvalue weighted by atomic mass is 79.9. The zero-order valence-electron chi connectivity index (χ0n) is 13.2. The smallest absolute Gasteiger partial charge is 0.123 e. The van der Waals surface area contributed by atoms with E-state index < -0.39 is 0 Å². The Bertz CT molecular complexity index is 594. The van der Waals surface area contributed by atoms with Crippen molar-refractivity contribution in [3.8, 4) is 5.75 Å². The first-order valence-corrected chi connectivity index (χ1v) is 8.20. The van der Waals surface area contributed by atoms with Gasteiger partial charge in [-0.15, -0.1) is 0 Å². The summed E-state index contributed by atoms with van der Waals surface area (Å²) in [7, 11) is 0. The minimum Gasteiger partial charge on any atom is -0.489 e. The summed E-state index contributed by atoms with van der Waals surface area (Å²) in [5.74, 6) is 0.989. The zero-order chi connectivity index (χ0) is 15.5. The van der Waals surface area contributed by atoms with Crippen LogP contribution in [0, 0.1) is 0 Å². The molecule has 0 unspecified atom stereocenters. The molecule has 0 spiro atoms. The van der Waals surface area contributed by atoms with Crippen LogP contribution in [-0.2, 0) is 18.4 Å². The number of ether oxygens (including phenoxy) is 1. The van der Waals surface area contributed by atoms with Gasteiger partial charge in [0.2, 0.25) is 0 Å². The van der Waals surface area contributed by atoms with Crippen LogP contribution in [0.5, 0.6) is 5.75 Å². The first-order chi connectivity index (χ1) is 9.90. The maximum Gasteiger partial charge on any atom is 0.123 e. The Kier molecular flexibility index (Phi) is 5.10. The number of hydrogen-bond donors (Lipinski definition) is 0. The second-order valence-electron chi connectivity index (χ2n) is 6.35. The Labute approximate surface area is 136 Å². The maximum atomic E-state index is 6.07. The Hall–Kier alpha value is -1.28. The minimum absolute atomic E-state index is 0.0836. The molecule has 0 radical (unpaired) electrons. The molecular formula is C19H23BrO. The van der Waals surface area contributed by atoms with E-state index in [4.69, 9.17) is 4.74 Å². The van der Waals surface area contributed by atoms with E-state index in [0.717, 1.165) is 16.6 Å². The molecule has 0 bridgehead atoms. The lowest BCUT2D eigenvalue weighted by Crippen LogP contribution is -2.14.